The van der Waals surface area contributed by atoms with Gasteiger partial charge < -0.3 is 5.32 Å². The Labute approximate surface area is 142 Å². The zero-order valence-corrected chi connectivity index (χ0v) is 13.7. The Morgan fingerprint density at radius 2 is 2.13 bits per heavy atom. The van der Waals surface area contributed by atoms with Crippen molar-refractivity contribution in [2.24, 2.45) is 4.99 Å². The first-order valence-electron chi connectivity index (χ1n) is 7.25. The van der Waals surface area contributed by atoms with Crippen molar-refractivity contribution in [3.8, 4) is 0 Å². The first-order chi connectivity index (χ1) is 11.0. The van der Waals surface area contributed by atoms with Crippen molar-refractivity contribution in [1.29, 1.82) is 0 Å². The topological polar surface area (TPSA) is 84.6 Å². The van der Waals surface area contributed by atoms with Crippen molar-refractivity contribution in [2.45, 2.75) is 31.7 Å². The number of amides is 1. The number of hydrogen-bond acceptors (Lipinski definition) is 5. The number of carbonyl (C=O) groups excluding carboxylic acids is 1. The van der Waals surface area contributed by atoms with E-state index in [9.17, 15) is 14.9 Å². The molecule has 1 heterocycles. The van der Waals surface area contributed by atoms with E-state index in [-0.39, 0.29) is 22.7 Å². The minimum absolute atomic E-state index is 0.0733. The van der Waals surface area contributed by atoms with Crippen LogP contribution in [0.25, 0.3) is 6.08 Å². The van der Waals surface area contributed by atoms with E-state index >= 15 is 0 Å². The van der Waals surface area contributed by atoms with Crippen molar-refractivity contribution >= 4 is 46.2 Å². The second kappa shape index (κ2) is 6.72. The molecule has 3 rings (SSSR count). The monoisotopic (exact) mass is 351 g/mol. The number of hydrogen-bond donors (Lipinski definition) is 1. The number of nitro groups is 1. The Hall–Kier alpha value is -1.86. The molecule has 6 nitrogen and oxygen atoms in total. The minimum atomic E-state index is -0.542. The average molecular weight is 352 g/mol. The summed E-state index contributed by atoms with van der Waals surface area (Å²) in [5.74, 6) is -0.232. The van der Waals surface area contributed by atoms with Crippen molar-refractivity contribution in [3.63, 3.8) is 0 Å². The number of halogens is 1. The zero-order valence-electron chi connectivity index (χ0n) is 12.1. The van der Waals surface area contributed by atoms with Gasteiger partial charge in [-0.05, 0) is 42.3 Å². The summed E-state index contributed by atoms with van der Waals surface area (Å²) in [6.07, 6.45) is 6.08. The van der Waals surface area contributed by atoms with Gasteiger partial charge in [-0.1, -0.05) is 30.5 Å². The first kappa shape index (κ1) is 16.0. The molecule has 1 aliphatic carbocycles. The maximum Gasteiger partial charge on any atom is 0.288 e. The highest BCUT2D eigenvalue weighted by atomic mass is 35.5. The summed E-state index contributed by atoms with van der Waals surface area (Å²) in [5.41, 5.74) is 0.380. The molecule has 1 aromatic rings. The lowest BCUT2D eigenvalue weighted by Crippen LogP contribution is -2.21. The fourth-order valence-electron chi connectivity index (χ4n) is 2.60. The second-order valence-electron chi connectivity index (χ2n) is 5.41. The summed E-state index contributed by atoms with van der Waals surface area (Å²) in [4.78, 5) is 27.4. The average Bonchev–Trinajstić information content (AvgIpc) is 3.12. The standard InChI is InChI=1S/C15H14ClN3O3S/c16-11-6-5-9(7-12(11)19(21)22)8-13-14(20)18-15(23-13)17-10-3-1-2-4-10/h5-8,10H,1-4H2,(H,17,18,20)/b13-8+. The van der Waals surface area contributed by atoms with E-state index in [0.29, 0.717) is 15.6 Å². The maximum absolute atomic E-state index is 12.0. The third-order valence-corrected chi connectivity index (χ3v) is 4.98. The molecule has 1 saturated heterocycles. The molecule has 23 heavy (non-hydrogen) atoms. The van der Waals surface area contributed by atoms with Crippen molar-refractivity contribution in [1.82, 2.24) is 5.32 Å². The largest absolute Gasteiger partial charge is 0.301 e. The fourth-order valence-corrected chi connectivity index (χ4v) is 3.68. The summed E-state index contributed by atoms with van der Waals surface area (Å²) >= 11 is 7.06. The number of aliphatic imine (C=N–C) groups is 1. The number of rotatable bonds is 3. The molecule has 0 spiro atoms. The Morgan fingerprint density at radius 1 is 1.39 bits per heavy atom. The molecule has 120 valence electrons. The quantitative estimate of drug-likeness (QED) is 0.510. The number of nitrogens with one attached hydrogen (secondary N) is 1. The van der Waals surface area contributed by atoms with E-state index in [1.54, 1.807) is 12.1 Å². The second-order valence-corrected chi connectivity index (χ2v) is 6.84. The summed E-state index contributed by atoms with van der Waals surface area (Å²) in [5, 5.41) is 14.3. The van der Waals surface area contributed by atoms with Gasteiger partial charge in [-0.2, -0.15) is 0 Å². The van der Waals surface area contributed by atoms with Gasteiger partial charge in [-0.3, -0.25) is 19.9 Å². The van der Waals surface area contributed by atoms with Crippen LogP contribution in [0.4, 0.5) is 5.69 Å². The summed E-state index contributed by atoms with van der Waals surface area (Å²) in [6, 6.07) is 4.74. The SMILES string of the molecule is O=C1NC(=NC2CCCC2)S/C1=C/c1ccc(Cl)c([N+](=O)[O-])c1. The van der Waals surface area contributed by atoms with Crippen molar-refractivity contribution < 1.29 is 9.72 Å². The van der Waals surface area contributed by atoms with Crippen LogP contribution in [0.3, 0.4) is 0 Å². The van der Waals surface area contributed by atoms with Gasteiger partial charge >= 0.3 is 0 Å². The number of carbonyl (C=O) groups is 1. The smallest absolute Gasteiger partial charge is 0.288 e. The first-order valence-corrected chi connectivity index (χ1v) is 8.45. The highest BCUT2D eigenvalue weighted by molar-refractivity contribution is 8.18. The Balaban J connectivity index is 1.81. The maximum atomic E-state index is 12.0. The molecule has 0 aromatic heterocycles. The minimum Gasteiger partial charge on any atom is -0.301 e. The van der Waals surface area contributed by atoms with Gasteiger partial charge in [0.15, 0.2) is 5.17 Å². The normalized spacial score (nSPS) is 22.0. The molecule has 1 aliphatic heterocycles. The molecule has 0 unspecified atom stereocenters. The molecule has 2 fully saturated rings. The molecule has 1 amide bonds. The fraction of sp³-hybridized carbons (Fsp3) is 0.333. The molecule has 1 aromatic carbocycles. The van der Waals surface area contributed by atoms with Crippen LogP contribution in [-0.4, -0.2) is 22.0 Å². The lowest BCUT2D eigenvalue weighted by Gasteiger charge is -2.02. The molecule has 0 radical (unpaired) electrons. The lowest BCUT2D eigenvalue weighted by atomic mass is 10.2. The number of nitrogens with zero attached hydrogens (tertiary/aromatic N) is 2. The van der Waals surface area contributed by atoms with Crippen LogP contribution in [0.5, 0.6) is 0 Å². The van der Waals surface area contributed by atoms with Gasteiger partial charge in [0.05, 0.1) is 15.9 Å². The third-order valence-electron chi connectivity index (χ3n) is 3.74. The Bertz CT molecular complexity index is 727. The molecule has 1 saturated carbocycles. The highest BCUT2D eigenvalue weighted by Gasteiger charge is 2.26. The van der Waals surface area contributed by atoms with E-state index in [0.717, 1.165) is 12.8 Å². The molecular formula is C15H14ClN3O3S. The van der Waals surface area contributed by atoms with Crippen LogP contribution in [0.2, 0.25) is 5.02 Å². The van der Waals surface area contributed by atoms with Gasteiger partial charge in [-0.25, -0.2) is 0 Å². The predicted octanol–water partition coefficient (Wildman–Crippen LogP) is 3.75. The van der Waals surface area contributed by atoms with Gasteiger partial charge in [-0.15, -0.1) is 0 Å². The van der Waals surface area contributed by atoms with E-state index in [1.807, 2.05) is 0 Å². The van der Waals surface area contributed by atoms with Crippen molar-refractivity contribution in [3.05, 3.63) is 43.8 Å². The Kier molecular flexibility index (Phi) is 4.68. The molecule has 2 aliphatic rings. The Morgan fingerprint density at radius 3 is 2.83 bits per heavy atom. The van der Waals surface area contributed by atoms with Crippen LogP contribution < -0.4 is 5.32 Å². The summed E-state index contributed by atoms with van der Waals surface area (Å²) in [6.45, 7) is 0. The summed E-state index contributed by atoms with van der Waals surface area (Å²) < 4.78 is 0. The van der Waals surface area contributed by atoms with Gasteiger partial charge in [0.1, 0.15) is 5.02 Å². The van der Waals surface area contributed by atoms with Crippen LogP contribution in [0, 0.1) is 10.1 Å². The number of benzene rings is 1. The lowest BCUT2D eigenvalue weighted by molar-refractivity contribution is -0.384. The van der Waals surface area contributed by atoms with E-state index in [1.165, 1.54) is 36.7 Å². The number of amidine groups is 1. The van der Waals surface area contributed by atoms with E-state index in [2.05, 4.69) is 10.3 Å². The predicted molar refractivity (Wildman–Crippen MR) is 91.5 cm³/mol. The van der Waals surface area contributed by atoms with Gasteiger partial charge in [0.2, 0.25) is 0 Å². The molecule has 8 heteroatoms. The molecule has 1 N–H and O–H groups in total. The third kappa shape index (κ3) is 3.73. The number of nitro benzene ring substituents is 1. The zero-order chi connectivity index (χ0) is 16.4. The molecule has 0 atom stereocenters. The summed E-state index contributed by atoms with van der Waals surface area (Å²) in [7, 11) is 0. The van der Waals surface area contributed by atoms with E-state index < -0.39 is 4.92 Å². The molecular weight excluding hydrogens is 338 g/mol. The van der Waals surface area contributed by atoms with E-state index in [4.69, 9.17) is 11.6 Å². The van der Waals surface area contributed by atoms with Crippen LogP contribution in [0.15, 0.2) is 28.1 Å². The molecule has 0 bridgehead atoms. The number of thioether (sulfide) groups is 1. The highest BCUT2D eigenvalue weighted by Crippen LogP contribution is 2.31. The van der Waals surface area contributed by atoms with Gasteiger partial charge in [0.25, 0.3) is 11.6 Å². The van der Waals surface area contributed by atoms with Crippen LogP contribution in [0.1, 0.15) is 31.2 Å². The van der Waals surface area contributed by atoms with Crippen molar-refractivity contribution in [2.75, 3.05) is 0 Å². The van der Waals surface area contributed by atoms with Crippen LogP contribution in [-0.2, 0) is 4.79 Å². The van der Waals surface area contributed by atoms with Crippen LogP contribution >= 0.6 is 23.4 Å². The van der Waals surface area contributed by atoms with Gasteiger partial charge in [0, 0.05) is 6.07 Å².